The zero-order valence-corrected chi connectivity index (χ0v) is 18.7. The van der Waals surface area contributed by atoms with Crippen LogP contribution in [0.3, 0.4) is 0 Å². The summed E-state index contributed by atoms with van der Waals surface area (Å²) in [5, 5.41) is 4.00. The minimum absolute atomic E-state index is 0.0507. The number of carbonyl (C=O) groups is 1. The third-order valence-electron chi connectivity index (χ3n) is 5.30. The highest BCUT2D eigenvalue weighted by molar-refractivity contribution is 9.10. The van der Waals surface area contributed by atoms with Gasteiger partial charge in [-0.15, -0.1) is 0 Å². The fourth-order valence-corrected chi connectivity index (χ4v) is 3.99. The highest BCUT2D eigenvalue weighted by Gasteiger charge is 2.34. The summed E-state index contributed by atoms with van der Waals surface area (Å²) < 4.78 is 29.8. The Labute approximate surface area is 187 Å². The van der Waals surface area contributed by atoms with Crippen molar-refractivity contribution in [2.24, 2.45) is 0 Å². The Kier molecular flexibility index (Phi) is 6.22. The van der Waals surface area contributed by atoms with E-state index in [1.807, 2.05) is 18.2 Å². The largest absolute Gasteiger partial charge is 0.493 e. The molecule has 162 valence electrons. The summed E-state index contributed by atoms with van der Waals surface area (Å²) in [5.74, 6) is 1.64. The molecule has 0 radical (unpaired) electrons. The molecule has 0 aliphatic carbocycles. The summed E-state index contributed by atoms with van der Waals surface area (Å²) in [6, 6.07) is 10.3. The normalized spacial score (nSPS) is 16.1. The summed E-state index contributed by atoms with van der Waals surface area (Å²) in [6.07, 6.45) is 1.01. The number of hydrogen-bond acceptors (Lipinski definition) is 6. The Hall–Kier alpha value is -2.94. The summed E-state index contributed by atoms with van der Waals surface area (Å²) >= 11 is 3.16. The van der Waals surface area contributed by atoms with E-state index in [0.29, 0.717) is 59.2 Å². The molecule has 0 spiro atoms. The predicted molar refractivity (Wildman–Crippen MR) is 115 cm³/mol. The molecule has 9 heteroatoms. The SMILES string of the molecule is COc1ccc(CCN2CC(c3nc(-c4ccc(F)c(Br)c4)no3)CC2=O)cc1OC. The first-order valence-corrected chi connectivity index (χ1v) is 10.6. The smallest absolute Gasteiger partial charge is 0.232 e. The van der Waals surface area contributed by atoms with E-state index in [2.05, 4.69) is 26.1 Å². The van der Waals surface area contributed by atoms with E-state index in [0.717, 1.165) is 5.56 Å². The molecule has 1 unspecified atom stereocenters. The number of likely N-dealkylation sites (tertiary alicyclic amines) is 1. The van der Waals surface area contributed by atoms with Crippen molar-refractivity contribution in [2.45, 2.75) is 18.8 Å². The van der Waals surface area contributed by atoms with Gasteiger partial charge in [-0.2, -0.15) is 4.98 Å². The molecule has 1 amide bonds. The van der Waals surface area contributed by atoms with E-state index in [1.165, 1.54) is 6.07 Å². The molecular weight excluding hydrogens is 469 g/mol. The second-order valence-electron chi connectivity index (χ2n) is 7.27. The van der Waals surface area contributed by atoms with Crippen molar-refractivity contribution < 1.29 is 23.2 Å². The summed E-state index contributed by atoms with van der Waals surface area (Å²) in [5.41, 5.74) is 1.69. The fraction of sp³-hybridized carbons (Fsp3) is 0.318. The lowest BCUT2D eigenvalue weighted by atomic mass is 10.1. The number of ether oxygens (including phenoxy) is 2. The number of halogens is 2. The maximum atomic E-state index is 13.5. The van der Waals surface area contributed by atoms with Crippen LogP contribution >= 0.6 is 15.9 Å². The molecule has 3 aromatic rings. The lowest BCUT2D eigenvalue weighted by molar-refractivity contribution is -0.127. The van der Waals surface area contributed by atoms with Crippen molar-refractivity contribution >= 4 is 21.8 Å². The average molecular weight is 490 g/mol. The topological polar surface area (TPSA) is 77.7 Å². The van der Waals surface area contributed by atoms with Gasteiger partial charge in [0.15, 0.2) is 11.5 Å². The number of nitrogens with zero attached hydrogens (tertiary/aromatic N) is 3. The predicted octanol–water partition coefficient (Wildman–Crippen LogP) is 4.21. The Morgan fingerprint density at radius 3 is 2.74 bits per heavy atom. The number of rotatable bonds is 7. The molecule has 1 aromatic heterocycles. The van der Waals surface area contributed by atoms with Crippen molar-refractivity contribution in [1.82, 2.24) is 15.0 Å². The zero-order chi connectivity index (χ0) is 22.0. The van der Waals surface area contributed by atoms with Crippen LogP contribution in [0, 0.1) is 5.82 Å². The lowest BCUT2D eigenvalue weighted by Crippen LogP contribution is -2.27. The van der Waals surface area contributed by atoms with Crippen LogP contribution in [0.15, 0.2) is 45.4 Å². The van der Waals surface area contributed by atoms with Crippen LogP contribution in [0.25, 0.3) is 11.4 Å². The Balaban J connectivity index is 1.40. The van der Waals surface area contributed by atoms with Gasteiger partial charge in [-0.05, 0) is 58.2 Å². The van der Waals surface area contributed by atoms with Crippen LogP contribution < -0.4 is 9.47 Å². The van der Waals surface area contributed by atoms with Crippen molar-refractivity contribution in [1.29, 1.82) is 0 Å². The first-order chi connectivity index (χ1) is 15.0. The van der Waals surface area contributed by atoms with Crippen molar-refractivity contribution in [2.75, 3.05) is 27.3 Å². The van der Waals surface area contributed by atoms with Crippen LogP contribution in [0.2, 0.25) is 0 Å². The lowest BCUT2D eigenvalue weighted by Gasteiger charge is -2.16. The summed E-state index contributed by atoms with van der Waals surface area (Å²) in [4.78, 5) is 18.7. The minimum atomic E-state index is -0.362. The Bertz CT molecular complexity index is 1100. The van der Waals surface area contributed by atoms with Crippen molar-refractivity contribution in [3.63, 3.8) is 0 Å². The van der Waals surface area contributed by atoms with Crippen LogP contribution in [0.4, 0.5) is 4.39 Å². The molecule has 0 saturated carbocycles. The van der Waals surface area contributed by atoms with Crippen LogP contribution in [-0.4, -0.2) is 48.3 Å². The number of hydrogen-bond donors (Lipinski definition) is 0. The highest BCUT2D eigenvalue weighted by Crippen LogP contribution is 2.31. The van der Waals surface area contributed by atoms with Gasteiger partial charge < -0.3 is 18.9 Å². The van der Waals surface area contributed by atoms with E-state index in [-0.39, 0.29) is 17.6 Å². The van der Waals surface area contributed by atoms with Crippen molar-refractivity contribution in [3.05, 3.63) is 58.1 Å². The Morgan fingerprint density at radius 2 is 2.00 bits per heavy atom. The quantitative estimate of drug-likeness (QED) is 0.494. The molecular formula is C22H21BrFN3O4. The average Bonchev–Trinajstić information content (AvgIpc) is 3.41. The second-order valence-corrected chi connectivity index (χ2v) is 8.12. The van der Waals surface area contributed by atoms with Crippen LogP contribution in [0.5, 0.6) is 11.5 Å². The summed E-state index contributed by atoms with van der Waals surface area (Å²) in [7, 11) is 3.19. The molecule has 1 aliphatic heterocycles. The molecule has 0 bridgehead atoms. The van der Waals surface area contributed by atoms with E-state index in [1.54, 1.807) is 31.3 Å². The van der Waals surface area contributed by atoms with Gasteiger partial charge in [0.05, 0.1) is 24.6 Å². The molecule has 2 heterocycles. The molecule has 0 N–H and O–H groups in total. The number of carbonyl (C=O) groups excluding carboxylic acids is 1. The van der Waals surface area contributed by atoms with E-state index < -0.39 is 0 Å². The maximum absolute atomic E-state index is 13.5. The first kappa shape index (κ1) is 21.3. The molecule has 1 aliphatic rings. The van der Waals surface area contributed by atoms with Gasteiger partial charge in [0.1, 0.15) is 5.82 Å². The highest BCUT2D eigenvalue weighted by atomic mass is 79.9. The van der Waals surface area contributed by atoms with Crippen LogP contribution in [-0.2, 0) is 11.2 Å². The Morgan fingerprint density at radius 1 is 1.19 bits per heavy atom. The van der Waals surface area contributed by atoms with E-state index in [9.17, 15) is 9.18 Å². The third-order valence-corrected chi connectivity index (χ3v) is 5.91. The monoisotopic (exact) mass is 489 g/mol. The van der Waals surface area contributed by atoms with E-state index >= 15 is 0 Å². The molecule has 1 saturated heterocycles. The van der Waals surface area contributed by atoms with Gasteiger partial charge >= 0.3 is 0 Å². The minimum Gasteiger partial charge on any atom is -0.493 e. The molecule has 31 heavy (non-hydrogen) atoms. The first-order valence-electron chi connectivity index (χ1n) is 9.76. The van der Waals surface area contributed by atoms with Gasteiger partial charge in [-0.25, -0.2) is 4.39 Å². The van der Waals surface area contributed by atoms with Gasteiger partial charge in [-0.3, -0.25) is 4.79 Å². The second kappa shape index (κ2) is 9.05. The van der Waals surface area contributed by atoms with Crippen LogP contribution in [0.1, 0.15) is 23.8 Å². The van der Waals surface area contributed by atoms with Gasteiger partial charge in [0, 0.05) is 25.1 Å². The maximum Gasteiger partial charge on any atom is 0.232 e. The number of amides is 1. The van der Waals surface area contributed by atoms with Gasteiger partial charge in [0.2, 0.25) is 17.6 Å². The third kappa shape index (κ3) is 4.56. The molecule has 1 atom stereocenters. The summed E-state index contributed by atoms with van der Waals surface area (Å²) in [6.45, 7) is 1.09. The molecule has 1 fully saturated rings. The van der Waals surface area contributed by atoms with Crippen molar-refractivity contribution in [3.8, 4) is 22.9 Å². The van der Waals surface area contributed by atoms with Gasteiger partial charge in [0.25, 0.3) is 0 Å². The molecule has 2 aromatic carbocycles. The zero-order valence-electron chi connectivity index (χ0n) is 17.1. The number of methoxy groups -OCH3 is 2. The molecule has 7 nitrogen and oxygen atoms in total. The standard InChI is InChI=1S/C22H21BrFN3O4/c1-29-18-6-3-13(9-19(18)30-2)7-8-27-12-15(11-20(27)28)22-25-21(26-31-22)14-4-5-17(24)16(23)10-14/h3-6,9-10,15H,7-8,11-12H2,1-2H3. The fourth-order valence-electron chi connectivity index (χ4n) is 3.61. The number of benzene rings is 2. The van der Waals surface area contributed by atoms with Gasteiger partial charge in [-0.1, -0.05) is 11.2 Å². The number of aromatic nitrogens is 2. The van der Waals surface area contributed by atoms with E-state index in [4.69, 9.17) is 14.0 Å². The molecule has 4 rings (SSSR count).